The molecule has 2 rings (SSSR count). The molecule has 23 heavy (non-hydrogen) atoms. The van der Waals surface area contributed by atoms with Crippen LogP contribution in [-0.4, -0.2) is 49.1 Å². The highest BCUT2D eigenvalue weighted by Gasteiger charge is 2.28. The molecule has 0 aliphatic carbocycles. The highest BCUT2D eigenvalue weighted by molar-refractivity contribution is 7.91. The molecule has 1 atom stereocenters. The fourth-order valence-electron chi connectivity index (χ4n) is 2.67. The van der Waals surface area contributed by atoms with E-state index in [1.54, 1.807) is 24.0 Å². The first-order chi connectivity index (χ1) is 10.8. The first kappa shape index (κ1) is 17.5. The van der Waals surface area contributed by atoms with Crippen LogP contribution < -0.4 is 0 Å². The van der Waals surface area contributed by atoms with Gasteiger partial charge in [-0.3, -0.25) is 9.59 Å². The molecular weight excluding hydrogens is 318 g/mol. The van der Waals surface area contributed by atoms with Gasteiger partial charge >= 0.3 is 5.97 Å². The number of benzene rings is 1. The molecule has 1 saturated heterocycles. The zero-order chi connectivity index (χ0) is 17.0. The van der Waals surface area contributed by atoms with Crippen LogP contribution >= 0.6 is 0 Å². The molecule has 126 valence electrons. The van der Waals surface area contributed by atoms with Crippen molar-refractivity contribution in [3.8, 4) is 0 Å². The molecule has 1 aromatic rings. The van der Waals surface area contributed by atoms with Crippen LogP contribution in [0.2, 0.25) is 0 Å². The average molecular weight is 339 g/mol. The van der Waals surface area contributed by atoms with Crippen LogP contribution in [0.15, 0.2) is 29.2 Å². The summed E-state index contributed by atoms with van der Waals surface area (Å²) in [5.74, 6) is -1.45. The van der Waals surface area contributed by atoms with E-state index in [0.717, 1.165) is 5.56 Å². The minimum Gasteiger partial charge on any atom is -0.481 e. The third kappa shape index (κ3) is 4.31. The molecule has 1 N–H and O–H groups in total. The van der Waals surface area contributed by atoms with Gasteiger partial charge in [0.15, 0.2) is 9.84 Å². The third-order valence-electron chi connectivity index (χ3n) is 4.14. The Morgan fingerprint density at radius 2 is 1.91 bits per heavy atom. The lowest BCUT2D eigenvalue weighted by molar-refractivity contribution is -0.145. The number of rotatable bonds is 5. The third-order valence-corrected chi connectivity index (χ3v) is 5.89. The van der Waals surface area contributed by atoms with Crippen LogP contribution in [0.25, 0.3) is 0 Å². The van der Waals surface area contributed by atoms with Crippen molar-refractivity contribution in [2.24, 2.45) is 5.92 Å². The van der Waals surface area contributed by atoms with Crippen molar-refractivity contribution in [2.45, 2.75) is 31.1 Å². The number of carboxylic acids is 1. The maximum absolute atomic E-state index is 12.3. The van der Waals surface area contributed by atoms with E-state index >= 15 is 0 Å². The Morgan fingerprint density at radius 3 is 2.48 bits per heavy atom. The molecule has 1 amide bonds. The number of aliphatic carboxylic acids is 1. The van der Waals surface area contributed by atoms with Crippen molar-refractivity contribution in [1.29, 1.82) is 0 Å². The molecule has 1 fully saturated rings. The maximum Gasteiger partial charge on any atom is 0.308 e. The molecule has 7 heteroatoms. The number of hydrogen-bond donors (Lipinski definition) is 1. The second-order valence-corrected chi connectivity index (χ2v) is 8.02. The summed E-state index contributed by atoms with van der Waals surface area (Å²) >= 11 is 0. The van der Waals surface area contributed by atoms with Crippen LogP contribution in [0.3, 0.4) is 0 Å². The summed E-state index contributed by atoms with van der Waals surface area (Å²) < 4.78 is 23.5. The largest absolute Gasteiger partial charge is 0.481 e. The molecular formula is C16H21NO5S. The summed E-state index contributed by atoms with van der Waals surface area (Å²) in [7, 11) is -3.24. The monoisotopic (exact) mass is 339 g/mol. The van der Waals surface area contributed by atoms with Crippen LogP contribution in [0, 0.1) is 5.92 Å². The molecule has 1 aliphatic heterocycles. The SMILES string of the molecule is CCS(=O)(=O)c1ccc(CC(=O)N2CCCC(C(=O)O)C2)cc1. The Hall–Kier alpha value is -1.89. The molecule has 1 unspecified atom stereocenters. The maximum atomic E-state index is 12.3. The van der Waals surface area contributed by atoms with Crippen molar-refractivity contribution < 1.29 is 23.1 Å². The van der Waals surface area contributed by atoms with Crippen molar-refractivity contribution >= 4 is 21.7 Å². The van der Waals surface area contributed by atoms with Gasteiger partial charge in [0, 0.05) is 13.1 Å². The standard InChI is InChI=1S/C16H21NO5S/c1-2-23(21,22)14-7-5-12(6-8-14)10-15(18)17-9-3-4-13(11-17)16(19)20/h5-8,13H,2-4,9-11H2,1H3,(H,19,20). The Kier molecular flexibility index (Phi) is 5.41. The summed E-state index contributed by atoms with van der Waals surface area (Å²) in [6, 6.07) is 6.30. The fourth-order valence-corrected chi connectivity index (χ4v) is 3.56. The van der Waals surface area contributed by atoms with Crippen molar-refractivity contribution in [1.82, 2.24) is 4.90 Å². The predicted molar refractivity (Wildman–Crippen MR) is 84.8 cm³/mol. The number of sulfone groups is 1. The zero-order valence-corrected chi connectivity index (χ0v) is 13.9. The van der Waals surface area contributed by atoms with E-state index in [2.05, 4.69) is 0 Å². The molecule has 0 aromatic heterocycles. The Labute approximate surface area is 136 Å². The Balaban J connectivity index is 2.01. The first-order valence-electron chi connectivity index (χ1n) is 7.65. The number of carbonyl (C=O) groups excluding carboxylic acids is 1. The molecule has 1 aliphatic rings. The number of hydrogen-bond acceptors (Lipinski definition) is 4. The second-order valence-electron chi connectivity index (χ2n) is 5.74. The van der Waals surface area contributed by atoms with Crippen molar-refractivity contribution in [2.75, 3.05) is 18.8 Å². The summed E-state index contributed by atoms with van der Waals surface area (Å²) in [5.41, 5.74) is 0.725. The van der Waals surface area contributed by atoms with Gasteiger partial charge in [-0.15, -0.1) is 0 Å². The normalized spacial score (nSPS) is 18.7. The van der Waals surface area contributed by atoms with E-state index in [-0.39, 0.29) is 29.5 Å². The fraction of sp³-hybridized carbons (Fsp3) is 0.500. The summed E-state index contributed by atoms with van der Waals surface area (Å²) in [5, 5.41) is 9.06. The Morgan fingerprint density at radius 1 is 1.26 bits per heavy atom. The number of piperidine rings is 1. The number of amides is 1. The van der Waals surface area contributed by atoms with Gasteiger partial charge in [-0.05, 0) is 30.5 Å². The lowest BCUT2D eigenvalue weighted by Crippen LogP contribution is -2.42. The van der Waals surface area contributed by atoms with Gasteiger partial charge in [0.1, 0.15) is 0 Å². The predicted octanol–water partition coefficient (Wildman–Crippen LogP) is 1.35. The number of likely N-dealkylation sites (tertiary alicyclic amines) is 1. The van der Waals surface area contributed by atoms with Gasteiger partial charge in [0.05, 0.1) is 23.0 Å². The quantitative estimate of drug-likeness (QED) is 0.874. The zero-order valence-electron chi connectivity index (χ0n) is 13.1. The first-order valence-corrected chi connectivity index (χ1v) is 9.31. The number of carboxylic acid groups (broad SMARTS) is 1. The van der Waals surface area contributed by atoms with Gasteiger partial charge in [-0.1, -0.05) is 19.1 Å². The number of carbonyl (C=O) groups is 2. The van der Waals surface area contributed by atoms with Gasteiger partial charge in [-0.2, -0.15) is 0 Å². The number of nitrogens with zero attached hydrogens (tertiary/aromatic N) is 1. The summed E-state index contributed by atoms with van der Waals surface area (Å²) in [4.78, 5) is 25.2. The van der Waals surface area contributed by atoms with Gasteiger partial charge in [0.2, 0.25) is 5.91 Å². The van der Waals surface area contributed by atoms with Crippen LogP contribution in [0.1, 0.15) is 25.3 Å². The van der Waals surface area contributed by atoms with Crippen LogP contribution in [0.5, 0.6) is 0 Å². The summed E-state index contributed by atoms with van der Waals surface area (Å²) in [6.07, 6.45) is 1.44. The minimum atomic E-state index is -3.24. The average Bonchev–Trinajstić information content (AvgIpc) is 2.55. The lowest BCUT2D eigenvalue weighted by atomic mass is 9.97. The van der Waals surface area contributed by atoms with Gasteiger partial charge < -0.3 is 10.0 Å². The summed E-state index contributed by atoms with van der Waals surface area (Å²) in [6.45, 7) is 2.41. The van der Waals surface area contributed by atoms with Gasteiger partial charge in [-0.25, -0.2) is 8.42 Å². The lowest BCUT2D eigenvalue weighted by Gasteiger charge is -2.30. The second kappa shape index (κ2) is 7.12. The van der Waals surface area contributed by atoms with Crippen LogP contribution in [-0.2, 0) is 25.8 Å². The smallest absolute Gasteiger partial charge is 0.308 e. The molecule has 6 nitrogen and oxygen atoms in total. The van der Waals surface area contributed by atoms with E-state index in [1.165, 1.54) is 12.1 Å². The topological polar surface area (TPSA) is 91.8 Å². The Bertz CT molecular complexity index is 681. The molecule has 1 heterocycles. The molecule has 0 bridgehead atoms. The highest BCUT2D eigenvalue weighted by Crippen LogP contribution is 2.18. The molecule has 0 spiro atoms. The molecule has 1 aromatic carbocycles. The van der Waals surface area contributed by atoms with E-state index in [0.29, 0.717) is 19.4 Å². The minimum absolute atomic E-state index is 0.0373. The van der Waals surface area contributed by atoms with E-state index in [1.807, 2.05) is 0 Å². The van der Waals surface area contributed by atoms with Crippen LogP contribution in [0.4, 0.5) is 0 Å². The van der Waals surface area contributed by atoms with E-state index in [9.17, 15) is 18.0 Å². The highest BCUT2D eigenvalue weighted by atomic mass is 32.2. The molecule has 0 radical (unpaired) electrons. The van der Waals surface area contributed by atoms with Crippen molar-refractivity contribution in [3.05, 3.63) is 29.8 Å². The van der Waals surface area contributed by atoms with E-state index in [4.69, 9.17) is 5.11 Å². The van der Waals surface area contributed by atoms with Crippen molar-refractivity contribution in [3.63, 3.8) is 0 Å². The van der Waals surface area contributed by atoms with Gasteiger partial charge in [0.25, 0.3) is 0 Å². The van der Waals surface area contributed by atoms with E-state index < -0.39 is 21.7 Å². The molecule has 0 saturated carbocycles.